The Morgan fingerprint density at radius 1 is 1.30 bits per heavy atom. The second kappa shape index (κ2) is 5.43. The van der Waals surface area contributed by atoms with Crippen molar-refractivity contribution in [1.82, 2.24) is 0 Å². The molecule has 0 radical (unpaired) electrons. The van der Waals surface area contributed by atoms with Crippen molar-refractivity contribution in [3.8, 4) is 0 Å². The van der Waals surface area contributed by atoms with Gasteiger partial charge in [0.25, 0.3) is 0 Å². The fourth-order valence-corrected chi connectivity index (χ4v) is 2.48. The summed E-state index contributed by atoms with van der Waals surface area (Å²) in [7, 11) is -3.52. The van der Waals surface area contributed by atoms with Gasteiger partial charge in [0.15, 0.2) is 9.84 Å². The third-order valence-corrected chi connectivity index (χ3v) is 4.88. The highest BCUT2D eigenvalue weighted by Gasteiger charge is 2.35. The van der Waals surface area contributed by atoms with E-state index in [2.05, 4.69) is 0 Å². The molecule has 0 aliphatic rings. The normalized spacial score (nSPS) is 12.7. The van der Waals surface area contributed by atoms with Gasteiger partial charge in [-0.2, -0.15) is 13.2 Å². The van der Waals surface area contributed by atoms with Gasteiger partial charge in [0.2, 0.25) is 0 Å². The zero-order valence-corrected chi connectivity index (χ0v) is 11.5. The summed E-state index contributed by atoms with van der Waals surface area (Å²) >= 11 is 0. The third-order valence-electron chi connectivity index (χ3n) is 2.71. The maximum Gasteiger partial charge on any atom is 0.417 e. The molecule has 0 aliphatic carbocycles. The Morgan fingerprint density at radius 3 is 2.25 bits per heavy atom. The molecule has 0 saturated heterocycles. The molecule has 8 heteroatoms. The van der Waals surface area contributed by atoms with Gasteiger partial charge in [-0.15, -0.1) is 0 Å². The van der Waals surface area contributed by atoms with Crippen molar-refractivity contribution < 1.29 is 31.5 Å². The number of hydrogen-bond acceptors (Lipinski definition) is 3. The highest BCUT2D eigenvalue weighted by molar-refractivity contribution is 7.91. The van der Waals surface area contributed by atoms with E-state index >= 15 is 0 Å². The molecular weight excluding hydrogens is 297 g/mol. The van der Waals surface area contributed by atoms with Gasteiger partial charge in [-0.1, -0.05) is 6.07 Å². The first-order valence-electron chi connectivity index (χ1n) is 5.60. The highest BCUT2D eigenvalue weighted by Crippen LogP contribution is 2.32. The van der Waals surface area contributed by atoms with Gasteiger partial charge >= 0.3 is 12.1 Å². The molecule has 1 N–H and O–H groups in total. The quantitative estimate of drug-likeness (QED) is 0.928. The van der Waals surface area contributed by atoms with Crippen LogP contribution in [0.2, 0.25) is 0 Å². The summed E-state index contributed by atoms with van der Waals surface area (Å²) < 4.78 is 61.3. The van der Waals surface area contributed by atoms with Crippen LogP contribution in [-0.2, 0) is 21.8 Å². The number of aromatic carboxylic acids is 1. The first-order valence-corrected chi connectivity index (χ1v) is 7.31. The molecule has 20 heavy (non-hydrogen) atoms. The number of alkyl halides is 3. The van der Waals surface area contributed by atoms with Crippen LogP contribution >= 0.6 is 0 Å². The molecule has 0 fully saturated rings. The maximum atomic E-state index is 12.6. The van der Waals surface area contributed by atoms with Crippen molar-refractivity contribution in [2.24, 2.45) is 0 Å². The molecular formula is C12H13F3O4S. The fraction of sp³-hybridized carbons (Fsp3) is 0.417. The van der Waals surface area contributed by atoms with Crippen LogP contribution in [0.3, 0.4) is 0 Å². The Hall–Kier alpha value is -1.57. The van der Waals surface area contributed by atoms with Crippen LogP contribution in [0, 0.1) is 0 Å². The summed E-state index contributed by atoms with van der Waals surface area (Å²) in [5.41, 5.74) is -2.23. The van der Waals surface area contributed by atoms with Crippen LogP contribution in [-0.4, -0.2) is 24.7 Å². The van der Waals surface area contributed by atoms with Crippen LogP contribution in [0.25, 0.3) is 0 Å². The molecule has 0 amide bonds. The Labute approximate surface area is 114 Å². The molecule has 0 saturated carbocycles. The minimum absolute atomic E-state index is 0.0177. The summed E-state index contributed by atoms with van der Waals surface area (Å²) in [5.74, 6) is -2.25. The van der Waals surface area contributed by atoms with Crippen molar-refractivity contribution in [2.75, 3.05) is 0 Å². The number of carboxylic acids is 1. The summed E-state index contributed by atoms with van der Waals surface area (Å²) in [5, 5.41) is 8.12. The van der Waals surface area contributed by atoms with Gasteiger partial charge in [-0.3, -0.25) is 0 Å². The number of rotatable bonds is 4. The Bertz CT molecular complexity index is 618. The lowest BCUT2D eigenvalue weighted by atomic mass is 10.0. The average molecular weight is 310 g/mol. The third kappa shape index (κ3) is 3.72. The lowest BCUT2D eigenvalue weighted by molar-refractivity contribution is -0.138. The summed E-state index contributed by atoms with van der Waals surface area (Å²) in [6.45, 7) is 2.88. The first-order chi connectivity index (χ1) is 8.95. The van der Waals surface area contributed by atoms with E-state index in [1.807, 2.05) is 0 Å². The van der Waals surface area contributed by atoms with E-state index < -0.39 is 44.1 Å². The molecule has 1 rings (SSSR count). The second-order valence-corrected chi connectivity index (χ2v) is 7.10. The number of halogens is 3. The molecule has 4 nitrogen and oxygen atoms in total. The Morgan fingerprint density at radius 2 is 1.85 bits per heavy atom. The molecule has 0 bridgehead atoms. The van der Waals surface area contributed by atoms with E-state index in [-0.39, 0.29) is 5.56 Å². The summed E-state index contributed by atoms with van der Waals surface area (Å²) in [6.07, 6.45) is -4.80. The van der Waals surface area contributed by atoms with E-state index in [0.29, 0.717) is 6.07 Å². The largest absolute Gasteiger partial charge is 0.478 e. The minimum atomic E-state index is -4.80. The van der Waals surface area contributed by atoms with Gasteiger partial charge in [0, 0.05) is 0 Å². The van der Waals surface area contributed by atoms with Gasteiger partial charge in [0.1, 0.15) is 0 Å². The van der Waals surface area contributed by atoms with Crippen molar-refractivity contribution in [3.05, 3.63) is 34.9 Å². The molecule has 1 aromatic rings. The van der Waals surface area contributed by atoms with Gasteiger partial charge in [-0.25, -0.2) is 13.2 Å². The monoisotopic (exact) mass is 310 g/mol. The van der Waals surface area contributed by atoms with Crippen LogP contribution in [0.1, 0.15) is 35.3 Å². The van der Waals surface area contributed by atoms with Crippen LogP contribution in [0.15, 0.2) is 18.2 Å². The lowest BCUT2D eigenvalue weighted by Crippen LogP contribution is -2.17. The first kappa shape index (κ1) is 16.5. The molecule has 0 heterocycles. The molecule has 0 aromatic heterocycles. The molecule has 0 unspecified atom stereocenters. The zero-order valence-electron chi connectivity index (χ0n) is 10.7. The van der Waals surface area contributed by atoms with E-state index in [0.717, 1.165) is 12.1 Å². The highest BCUT2D eigenvalue weighted by atomic mass is 32.2. The predicted octanol–water partition coefficient (Wildman–Crippen LogP) is 2.73. The molecule has 0 aliphatic heterocycles. The number of hydrogen-bond donors (Lipinski definition) is 1. The zero-order chi connectivity index (χ0) is 15.7. The van der Waals surface area contributed by atoms with Gasteiger partial charge in [0.05, 0.1) is 22.1 Å². The molecule has 0 spiro atoms. The Balaban J connectivity index is 3.29. The number of carboxylic acid groups (broad SMARTS) is 1. The van der Waals surface area contributed by atoms with Crippen LogP contribution in [0.4, 0.5) is 13.2 Å². The SMILES string of the molecule is CC(C)S(=O)(=O)Cc1ccc(C(F)(F)F)c(C(=O)O)c1. The minimum Gasteiger partial charge on any atom is -0.478 e. The Kier molecular flexibility index (Phi) is 4.48. The second-order valence-electron chi connectivity index (χ2n) is 4.54. The van der Waals surface area contributed by atoms with E-state index in [4.69, 9.17) is 5.11 Å². The molecule has 1 aromatic carbocycles. The van der Waals surface area contributed by atoms with E-state index in [1.54, 1.807) is 0 Å². The standard InChI is InChI=1S/C12H13F3O4S/c1-7(2)20(18,19)6-8-3-4-10(12(13,14)15)9(5-8)11(16)17/h3-5,7H,6H2,1-2H3,(H,16,17). The van der Waals surface area contributed by atoms with Crippen molar-refractivity contribution in [2.45, 2.75) is 31.0 Å². The van der Waals surface area contributed by atoms with Crippen molar-refractivity contribution >= 4 is 15.8 Å². The van der Waals surface area contributed by atoms with Crippen molar-refractivity contribution in [1.29, 1.82) is 0 Å². The number of carbonyl (C=O) groups is 1. The van der Waals surface area contributed by atoms with E-state index in [9.17, 15) is 26.4 Å². The number of benzene rings is 1. The smallest absolute Gasteiger partial charge is 0.417 e. The maximum absolute atomic E-state index is 12.6. The van der Waals surface area contributed by atoms with Crippen LogP contribution < -0.4 is 0 Å². The molecule has 0 atom stereocenters. The number of sulfone groups is 1. The predicted molar refractivity (Wildman–Crippen MR) is 66.2 cm³/mol. The molecule has 112 valence electrons. The van der Waals surface area contributed by atoms with Gasteiger partial charge in [-0.05, 0) is 31.5 Å². The topological polar surface area (TPSA) is 71.4 Å². The fourth-order valence-electron chi connectivity index (χ4n) is 1.50. The lowest BCUT2D eigenvalue weighted by Gasteiger charge is -2.13. The van der Waals surface area contributed by atoms with E-state index in [1.165, 1.54) is 13.8 Å². The van der Waals surface area contributed by atoms with Crippen molar-refractivity contribution in [3.63, 3.8) is 0 Å². The van der Waals surface area contributed by atoms with Crippen LogP contribution in [0.5, 0.6) is 0 Å². The summed E-state index contributed by atoms with van der Waals surface area (Å²) in [6, 6.07) is 2.33. The average Bonchev–Trinajstić information content (AvgIpc) is 2.26. The van der Waals surface area contributed by atoms with Gasteiger partial charge < -0.3 is 5.11 Å². The summed E-state index contributed by atoms with van der Waals surface area (Å²) in [4.78, 5) is 10.9.